The second-order valence-corrected chi connectivity index (χ2v) is 6.37. The van der Waals surface area contributed by atoms with Gasteiger partial charge in [-0.25, -0.2) is 12.8 Å². The van der Waals surface area contributed by atoms with Crippen molar-refractivity contribution in [1.82, 2.24) is 0 Å². The van der Waals surface area contributed by atoms with Crippen molar-refractivity contribution in [3.8, 4) is 0 Å². The van der Waals surface area contributed by atoms with E-state index in [-0.39, 0.29) is 0 Å². The molecule has 0 N–H and O–H groups in total. The molecule has 0 amide bonds. The lowest BCUT2D eigenvalue weighted by molar-refractivity contribution is 0.270. The minimum atomic E-state index is -3.72. The van der Waals surface area contributed by atoms with Gasteiger partial charge in [-0.1, -0.05) is 25.7 Å². The molecule has 1 rings (SSSR count). The lowest BCUT2D eigenvalue weighted by Crippen LogP contribution is -2.29. The highest BCUT2D eigenvalue weighted by Gasteiger charge is 2.32. The molecule has 1 fully saturated rings. The fourth-order valence-electron chi connectivity index (χ4n) is 1.72. The van der Waals surface area contributed by atoms with Gasteiger partial charge in [0.05, 0.1) is 0 Å². The van der Waals surface area contributed by atoms with Gasteiger partial charge in [-0.05, 0) is 12.8 Å². The molecule has 2 atom stereocenters. The molecule has 2 nitrogen and oxygen atoms in total. The van der Waals surface area contributed by atoms with E-state index in [1.165, 1.54) is 0 Å². The van der Waals surface area contributed by atoms with Gasteiger partial charge in [0, 0.05) is 10.7 Å². The maximum atomic E-state index is 13.3. The summed E-state index contributed by atoms with van der Waals surface area (Å²) in [5, 5.41) is -0.977. The summed E-state index contributed by atoms with van der Waals surface area (Å²) in [7, 11) is 1.45. The average molecular weight is 229 g/mol. The Bertz CT molecular complexity index is 253. The lowest BCUT2D eigenvalue weighted by atomic mass is 9.99. The normalized spacial score (nSPS) is 32.2. The molecule has 13 heavy (non-hydrogen) atoms. The number of alkyl halides is 1. The van der Waals surface area contributed by atoms with Crippen LogP contribution in [0.3, 0.4) is 0 Å². The Balaban J connectivity index is 2.67. The van der Waals surface area contributed by atoms with E-state index < -0.39 is 20.5 Å². The van der Waals surface area contributed by atoms with Crippen LogP contribution in [0.4, 0.5) is 4.39 Å². The fourth-order valence-corrected chi connectivity index (χ4v) is 3.26. The summed E-state index contributed by atoms with van der Waals surface area (Å²) in [6, 6.07) is 0. The van der Waals surface area contributed by atoms with Crippen LogP contribution in [0.2, 0.25) is 0 Å². The Morgan fingerprint density at radius 1 is 1.08 bits per heavy atom. The third-order valence-electron chi connectivity index (χ3n) is 2.48. The predicted octanol–water partition coefficient (Wildman–Crippen LogP) is 2.62. The van der Waals surface area contributed by atoms with Crippen molar-refractivity contribution in [3.63, 3.8) is 0 Å². The largest absolute Gasteiger partial charge is 0.246 e. The summed E-state index contributed by atoms with van der Waals surface area (Å²) >= 11 is 0. The van der Waals surface area contributed by atoms with E-state index in [0.717, 1.165) is 25.7 Å². The molecule has 0 bridgehead atoms. The third kappa shape index (κ3) is 3.43. The molecule has 0 aromatic rings. The SMILES string of the molecule is O=S(=O)(Cl)[C@H]1CCCCCC[C@@H]1F. The third-order valence-corrected chi connectivity index (χ3v) is 4.42. The topological polar surface area (TPSA) is 34.1 Å². The average Bonchev–Trinajstić information content (AvgIpc) is 1.94. The molecule has 1 aliphatic carbocycles. The van der Waals surface area contributed by atoms with Crippen LogP contribution < -0.4 is 0 Å². The van der Waals surface area contributed by atoms with Crippen LogP contribution >= 0.6 is 10.7 Å². The van der Waals surface area contributed by atoms with E-state index in [2.05, 4.69) is 0 Å². The summed E-state index contributed by atoms with van der Waals surface area (Å²) in [6.45, 7) is 0. The standard InChI is InChI=1S/C8H14ClFO2S/c9-13(11,12)8-6-4-2-1-3-5-7(8)10/h7-8H,1-6H2/t7-,8-/m0/s1. The highest BCUT2D eigenvalue weighted by atomic mass is 35.7. The minimum Gasteiger partial charge on any atom is -0.246 e. The molecule has 5 heteroatoms. The Kier molecular flexibility index (Phi) is 3.98. The van der Waals surface area contributed by atoms with Gasteiger partial charge in [0.2, 0.25) is 9.05 Å². The van der Waals surface area contributed by atoms with Gasteiger partial charge in [-0.15, -0.1) is 0 Å². The zero-order valence-corrected chi connectivity index (χ0v) is 8.95. The van der Waals surface area contributed by atoms with Crippen LogP contribution in [0, 0.1) is 0 Å². The zero-order valence-electron chi connectivity index (χ0n) is 7.38. The van der Waals surface area contributed by atoms with Crippen molar-refractivity contribution < 1.29 is 12.8 Å². The van der Waals surface area contributed by atoms with Crippen molar-refractivity contribution in [1.29, 1.82) is 0 Å². The molecule has 1 aliphatic rings. The van der Waals surface area contributed by atoms with Crippen LogP contribution in [0.25, 0.3) is 0 Å². The predicted molar refractivity (Wildman–Crippen MR) is 51.2 cm³/mol. The first-order chi connectivity index (χ1) is 6.02. The first kappa shape index (κ1) is 11.2. The summed E-state index contributed by atoms with van der Waals surface area (Å²) in [5.74, 6) is 0. The van der Waals surface area contributed by atoms with Crippen LogP contribution in [-0.4, -0.2) is 19.8 Å². The maximum Gasteiger partial charge on any atom is 0.238 e. The molecule has 78 valence electrons. The van der Waals surface area contributed by atoms with Crippen molar-refractivity contribution in [3.05, 3.63) is 0 Å². The number of hydrogen-bond acceptors (Lipinski definition) is 2. The van der Waals surface area contributed by atoms with Crippen molar-refractivity contribution in [2.75, 3.05) is 0 Å². The highest BCUT2D eigenvalue weighted by Crippen LogP contribution is 2.26. The van der Waals surface area contributed by atoms with Gasteiger partial charge in [0.1, 0.15) is 11.4 Å². The molecule has 0 spiro atoms. The molecular formula is C8H14ClFO2S. The Morgan fingerprint density at radius 3 is 2.15 bits per heavy atom. The highest BCUT2D eigenvalue weighted by molar-refractivity contribution is 8.14. The van der Waals surface area contributed by atoms with E-state index >= 15 is 0 Å². The number of halogens is 2. The molecular weight excluding hydrogens is 215 g/mol. The summed E-state index contributed by atoms with van der Waals surface area (Å²) in [4.78, 5) is 0. The lowest BCUT2D eigenvalue weighted by Gasteiger charge is -2.20. The smallest absolute Gasteiger partial charge is 0.238 e. The summed E-state index contributed by atoms with van der Waals surface area (Å²) in [5.41, 5.74) is 0. The van der Waals surface area contributed by atoms with Crippen molar-refractivity contribution in [2.24, 2.45) is 0 Å². The quantitative estimate of drug-likeness (QED) is 0.647. The Morgan fingerprint density at radius 2 is 1.62 bits per heavy atom. The first-order valence-corrected chi connectivity index (χ1v) is 6.96. The second-order valence-electron chi connectivity index (χ2n) is 3.52. The maximum absolute atomic E-state index is 13.3. The molecule has 0 aromatic carbocycles. The van der Waals surface area contributed by atoms with Crippen molar-refractivity contribution >= 4 is 19.7 Å². The van der Waals surface area contributed by atoms with Crippen molar-refractivity contribution in [2.45, 2.75) is 49.9 Å². The fraction of sp³-hybridized carbons (Fsp3) is 1.00. The molecule has 0 heterocycles. The molecule has 0 aliphatic heterocycles. The van der Waals surface area contributed by atoms with Gasteiger partial charge < -0.3 is 0 Å². The van der Waals surface area contributed by atoms with E-state index in [1.807, 2.05) is 0 Å². The monoisotopic (exact) mass is 228 g/mol. The number of hydrogen-bond donors (Lipinski definition) is 0. The van der Waals surface area contributed by atoms with Gasteiger partial charge in [0.25, 0.3) is 0 Å². The molecule has 0 radical (unpaired) electrons. The van der Waals surface area contributed by atoms with Gasteiger partial charge in [-0.2, -0.15) is 0 Å². The molecule has 0 aromatic heterocycles. The van der Waals surface area contributed by atoms with E-state index in [4.69, 9.17) is 10.7 Å². The van der Waals surface area contributed by atoms with Crippen LogP contribution in [0.1, 0.15) is 38.5 Å². The minimum absolute atomic E-state index is 0.330. The zero-order chi connectivity index (χ0) is 9.90. The Labute approximate surface area is 82.9 Å². The van der Waals surface area contributed by atoms with Crippen LogP contribution in [0.15, 0.2) is 0 Å². The van der Waals surface area contributed by atoms with Crippen LogP contribution in [-0.2, 0) is 9.05 Å². The summed E-state index contributed by atoms with van der Waals surface area (Å²) < 4.78 is 35.3. The van der Waals surface area contributed by atoms with E-state index in [1.54, 1.807) is 0 Å². The van der Waals surface area contributed by atoms with Gasteiger partial charge in [-0.3, -0.25) is 0 Å². The Hall–Kier alpha value is 0.170. The molecule has 0 unspecified atom stereocenters. The molecule has 1 saturated carbocycles. The van der Waals surface area contributed by atoms with E-state index in [9.17, 15) is 12.8 Å². The molecule has 0 saturated heterocycles. The first-order valence-electron chi connectivity index (χ1n) is 4.59. The van der Waals surface area contributed by atoms with Crippen LogP contribution in [0.5, 0.6) is 0 Å². The van der Waals surface area contributed by atoms with E-state index in [0.29, 0.717) is 12.8 Å². The summed E-state index contributed by atoms with van der Waals surface area (Å²) in [6.07, 6.45) is 2.93. The number of rotatable bonds is 1. The second kappa shape index (κ2) is 4.60. The van der Waals surface area contributed by atoms with Gasteiger partial charge in [0.15, 0.2) is 0 Å². The van der Waals surface area contributed by atoms with Gasteiger partial charge >= 0.3 is 0 Å².